The standard InChI is InChI=1S/C25H29NO3/c1-16-8-7-11-26(14-16)15-21-17(2)12-22-23(24(21)27)18(3)20(25(28)29-22)13-19-9-5-4-6-10-19/h4-6,9-10,12,16,27H,7-8,11,13-15H2,1-3H3/t16-/m1/s1. The van der Waals surface area contributed by atoms with E-state index in [9.17, 15) is 9.90 Å². The quantitative estimate of drug-likeness (QED) is 0.640. The summed E-state index contributed by atoms with van der Waals surface area (Å²) in [7, 11) is 0. The Hall–Kier alpha value is -2.59. The predicted molar refractivity (Wildman–Crippen MR) is 117 cm³/mol. The Morgan fingerprint density at radius 2 is 1.93 bits per heavy atom. The highest BCUT2D eigenvalue weighted by molar-refractivity contribution is 5.89. The largest absolute Gasteiger partial charge is 0.507 e. The summed E-state index contributed by atoms with van der Waals surface area (Å²) in [6.45, 7) is 9.02. The van der Waals surface area contributed by atoms with Gasteiger partial charge in [-0.1, -0.05) is 37.3 Å². The molecule has 1 aliphatic heterocycles. The van der Waals surface area contributed by atoms with Crippen LogP contribution in [-0.4, -0.2) is 23.1 Å². The number of phenols is 1. The SMILES string of the molecule is Cc1cc2oc(=O)c(Cc3ccccc3)c(C)c2c(O)c1CN1CCC[C@@H](C)C1. The molecule has 1 N–H and O–H groups in total. The first kappa shape index (κ1) is 19.7. The molecule has 4 rings (SSSR count). The van der Waals surface area contributed by atoms with Crippen LogP contribution in [0.2, 0.25) is 0 Å². The van der Waals surface area contributed by atoms with Crippen LogP contribution < -0.4 is 5.63 Å². The van der Waals surface area contributed by atoms with Crippen LogP contribution in [-0.2, 0) is 13.0 Å². The number of aromatic hydroxyl groups is 1. The molecule has 0 amide bonds. The van der Waals surface area contributed by atoms with Gasteiger partial charge in [0.2, 0.25) is 0 Å². The van der Waals surface area contributed by atoms with E-state index in [1.54, 1.807) is 0 Å². The van der Waals surface area contributed by atoms with E-state index in [1.165, 1.54) is 12.8 Å². The van der Waals surface area contributed by atoms with Crippen molar-refractivity contribution in [2.45, 2.75) is 46.6 Å². The zero-order valence-corrected chi connectivity index (χ0v) is 17.5. The highest BCUT2D eigenvalue weighted by Gasteiger charge is 2.22. The number of rotatable bonds is 4. The van der Waals surface area contributed by atoms with Crippen LogP contribution in [0.1, 0.15) is 47.6 Å². The van der Waals surface area contributed by atoms with Gasteiger partial charge in [-0.2, -0.15) is 0 Å². The maximum atomic E-state index is 12.7. The molecule has 1 aliphatic rings. The minimum atomic E-state index is -0.324. The van der Waals surface area contributed by atoms with Gasteiger partial charge in [0.15, 0.2) is 0 Å². The van der Waals surface area contributed by atoms with E-state index in [0.29, 0.717) is 28.9 Å². The number of likely N-dealkylation sites (tertiary alicyclic amines) is 1. The third-order valence-corrected chi connectivity index (χ3v) is 6.22. The fourth-order valence-electron chi connectivity index (χ4n) is 4.58. The van der Waals surface area contributed by atoms with E-state index >= 15 is 0 Å². The van der Waals surface area contributed by atoms with Gasteiger partial charge < -0.3 is 9.52 Å². The van der Waals surface area contributed by atoms with Crippen molar-refractivity contribution in [3.63, 3.8) is 0 Å². The number of hydrogen-bond donors (Lipinski definition) is 1. The van der Waals surface area contributed by atoms with Crippen molar-refractivity contribution in [3.8, 4) is 5.75 Å². The predicted octanol–water partition coefficient (Wildman–Crippen LogP) is 4.94. The molecule has 0 bridgehead atoms. The van der Waals surface area contributed by atoms with Gasteiger partial charge in [-0.05, 0) is 61.9 Å². The third-order valence-electron chi connectivity index (χ3n) is 6.22. The molecular weight excluding hydrogens is 362 g/mol. The molecule has 29 heavy (non-hydrogen) atoms. The third kappa shape index (κ3) is 3.95. The molecule has 3 aromatic rings. The summed E-state index contributed by atoms with van der Waals surface area (Å²) in [4.78, 5) is 15.1. The molecule has 4 nitrogen and oxygen atoms in total. The molecule has 1 saturated heterocycles. The molecule has 0 aliphatic carbocycles. The van der Waals surface area contributed by atoms with Crippen LogP contribution in [0.4, 0.5) is 0 Å². The van der Waals surface area contributed by atoms with E-state index in [2.05, 4.69) is 11.8 Å². The first-order valence-corrected chi connectivity index (χ1v) is 10.5. The van der Waals surface area contributed by atoms with Gasteiger partial charge in [0.05, 0.1) is 5.39 Å². The van der Waals surface area contributed by atoms with E-state index in [0.717, 1.165) is 41.9 Å². The minimum Gasteiger partial charge on any atom is -0.507 e. The molecule has 0 unspecified atom stereocenters. The molecule has 1 aromatic heterocycles. The van der Waals surface area contributed by atoms with E-state index < -0.39 is 0 Å². The summed E-state index contributed by atoms with van der Waals surface area (Å²) >= 11 is 0. The topological polar surface area (TPSA) is 53.7 Å². The maximum absolute atomic E-state index is 12.7. The Labute approximate surface area is 171 Å². The van der Waals surface area contributed by atoms with Crippen LogP contribution in [0.15, 0.2) is 45.6 Å². The average Bonchev–Trinajstić information content (AvgIpc) is 2.69. The summed E-state index contributed by atoms with van der Waals surface area (Å²) in [5, 5.41) is 11.9. The number of benzene rings is 2. The van der Waals surface area contributed by atoms with Crippen molar-refractivity contribution >= 4 is 11.0 Å². The fraction of sp³-hybridized carbons (Fsp3) is 0.400. The minimum absolute atomic E-state index is 0.258. The maximum Gasteiger partial charge on any atom is 0.340 e. The van der Waals surface area contributed by atoms with E-state index in [4.69, 9.17) is 4.42 Å². The first-order chi connectivity index (χ1) is 13.9. The second kappa shape index (κ2) is 8.03. The van der Waals surface area contributed by atoms with Gasteiger partial charge in [0.1, 0.15) is 11.3 Å². The molecule has 4 heteroatoms. The van der Waals surface area contributed by atoms with Gasteiger partial charge >= 0.3 is 5.63 Å². The second-order valence-electron chi connectivity index (χ2n) is 8.53. The van der Waals surface area contributed by atoms with Gasteiger partial charge in [-0.3, -0.25) is 4.90 Å². The summed E-state index contributed by atoms with van der Waals surface area (Å²) in [5.41, 5.74) is 4.52. The number of phenolic OH excluding ortho intramolecular Hbond substituents is 1. The van der Waals surface area contributed by atoms with Gasteiger partial charge in [0, 0.05) is 30.6 Å². The lowest BCUT2D eigenvalue weighted by atomic mass is 9.95. The molecule has 1 atom stereocenters. The van der Waals surface area contributed by atoms with Crippen LogP contribution >= 0.6 is 0 Å². The molecule has 2 aromatic carbocycles. The molecule has 0 radical (unpaired) electrons. The zero-order chi connectivity index (χ0) is 20.5. The summed E-state index contributed by atoms with van der Waals surface area (Å²) in [6.07, 6.45) is 2.97. The van der Waals surface area contributed by atoms with Crippen molar-refractivity contribution in [3.05, 3.63) is 74.6 Å². The van der Waals surface area contributed by atoms with Crippen LogP contribution in [0.25, 0.3) is 11.0 Å². The lowest BCUT2D eigenvalue weighted by Crippen LogP contribution is -2.33. The van der Waals surface area contributed by atoms with Crippen molar-refractivity contribution in [1.82, 2.24) is 4.90 Å². The van der Waals surface area contributed by atoms with Crippen LogP contribution in [0.5, 0.6) is 5.75 Å². The van der Waals surface area contributed by atoms with Crippen LogP contribution in [0.3, 0.4) is 0 Å². The highest BCUT2D eigenvalue weighted by Crippen LogP contribution is 2.36. The zero-order valence-electron chi connectivity index (χ0n) is 17.5. The first-order valence-electron chi connectivity index (χ1n) is 10.5. The van der Waals surface area contributed by atoms with Gasteiger partial charge in [-0.25, -0.2) is 4.79 Å². The Kier molecular flexibility index (Phi) is 5.46. The lowest BCUT2D eigenvalue weighted by Gasteiger charge is -2.31. The molecule has 2 heterocycles. The Balaban J connectivity index is 1.78. The van der Waals surface area contributed by atoms with Crippen molar-refractivity contribution in [1.29, 1.82) is 0 Å². The molecule has 1 fully saturated rings. The Morgan fingerprint density at radius 1 is 1.17 bits per heavy atom. The van der Waals surface area contributed by atoms with Gasteiger partial charge in [0.25, 0.3) is 0 Å². The number of fused-ring (bicyclic) bond motifs is 1. The molecule has 152 valence electrons. The fourth-order valence-corrected chi connectivity index (χ4v) is 4.58. The Bertz CT molecular complexity index is 1080. The number of hydrogen-bond acceptors (Lipinski definition) is 4. The average molecular weight is 392 g/mol. The van der Waals surface area contributed by atoms with Gasteiger partial charge in [-0.15, -0.1) is 0 Å². The normalized spacial score (nSPS) is 17.7. The summed E-state index contributed by atoms with van der Waals surface area (Å²) in [5.74, 6) is 0.942. The second-order valence-corrected chi connectivity index (χ2v) is 8.53. The molecular formula is C25H29NO3. The lowest BCUT2D eigenvalue weighted by molar-refractivity contribution is 0.175. The van der Waals surface area contributed by atoms with E-state index in [1.807, 2.05) is 50.2 Å². The number of aryl methyl sites for hydroxylation is 2. The van der Waals surface area contributed by atoms with Crippen molar-refractivity contribution < 1.29 is 9.52 Å². The Morgan fingerprint density at radius 3 is 2.66 bits per heavy atom. The van der Waals surface area contributed by atoms with Crippen LogP contribution in [0, 0.1) is 19.8 Å². The molecule has 0 saturated carbocycles. The summed E-state index contributed by atoms with van der Waals surface area (Å²) < 4.78 is 5.64. The summed E-state index contributed by atoms with van der Waals surface area (Å²) in [6, 6.07) is 11.8. The monoisotopic (exact) mass is 391 g/mol. The van der Waals surface area contributed by atoms with Crippen molar-refractivity contribution in [2.75, 3.05) is 13.1 Å². The highest BCUT2D eigenvalue weighted by atomic mass is 16.4. The van der Waals surface area contributed by atoms with Crippen molar-refractivity contribution in [2.24, 2.45) is 5.92 Å². The number of nitrogens with zero attached hydrogens (tertiary/aromatic N) is 1. The van der Waals surface area contributed by atoms with E-state index in [-0.39, 0.29) is 11.4 Å². The smallest absolute Gasteiger partial charge is 0.340 e. The molecule has 0 spiro atoms. The number of piperidine rings is 1.